The molecule has 114 valence electrons. The van der Waals surface area contributed by atoms with Gasteiger partial charge in [-0.25, -0.2) is 0 Å². The lowest BCUT2D eigenvalue weighted by atomic mass is 9.95. The summed E-state index contributed by atoms with van der Waals surface area (Å²) in [6.07, 6.45) is 2.50. The van der Waals surface area contributed by atoms with Crippen LogP contribution in [0.15, 0.2) is 66.5 Å². The predicted molar refractivity (Wildman–Crippen MR) is 89.2 cm³/mol. The van der Waals surface area contributed by atoms with Crippen LogP contribution >= 0.6 is 0 Å². The van der Waals surface area contributed by atoms with Gasteiger partial charge in [0.15, 0.2) is 5.78 Å². The number of rotatable bonds is 0. The number of aromatic nitrogens is 2. The molecule has 1 N–H and O–H groups in total. The average Bonchev–Trinajstić information content (AvgIpc) is 3.08. The number of Topliss-reactive ketones (excluding diaryl/α,β-unsaturated/α-hetero) is 1. The molecule has 0 fully saturated rings. The fraction of sp³-hybridized carbons (Fsp3) is 0.0500. The summed E-state index contributed by atoms with van der Waals surface area (Å²) in [7, 11) is 0. The summed E-state index contributed by atoms with van der Waals surface area (Å²) in [5.74, 6) is -0.125. The van der Waals surface area contributed by atoms with E-state index in [-0.39, 0.29) is 5.78 Å². The van der Waals surface area contributed by atoms with E-state index in [1.54, 1.807) is 24.5 Å². The van der Waals surface area contributed by atoms with Crippen LogP contribution in [0.3, 0.4) is 0 Å². The molecule has 2 aliphatic rings. The lowest BCUT2D eigenvalue weighted by molar-refractivity contribution is 0.102. The summed E-state index contributed by atoms with van der Waals surface area (Å²) < 4.78 is 0. The van der Waals surface area contributed by atoms with Gasteiger partial charge in [-0.2, -0.15) is 0 Å². The summed E-state index contributed by atoms with van der Waals surface area (Å²) in [4.78, 5) is 21.8. The number of carbonyl (C=O) groups excluding carboxylic acids is 1. The molecule has 0 amide bonds. The highest BCUT2D eigenvalue weighted by Crippen LogP contribution is 2.48. The minimum absolute atomic E-state index is 0.125. The molecule has 0 radical (unpaired) electrons. The molecule has 2 aliphatic carbocycles. The average molecular weight is 312 g/mol. The molecule has 24 heavy (non-hydrogen) atoms. The molecule has 5 rings (SSSR count). The largest absolute Gasteiger partial charge is 0.383 e. The van der Waals surface area contributed by atoms with E-state index in [0.29, 0.717) is 16.7 Å². The van der Waals surface area contributed by atoms with E-state index in [2.05, 4.69) is 9.97 Å². The molecule has 0 bridgehead atoms. The third kappa shape index (κ3) is 1.58. The minimum atomic E-state index is -0.928. The van der Waals surface area contributed by atoms with Gasteiger partial charge in [-0.1, -0.05) is 36.4 Å². The van der Waals surface area contributed by atoms with Crippen LogP contribution in [0.1, 0.15) is 33.2 Å². The Morgan fingerprint density at radius 1 is 0.792 bits per heavy atom. The van der Waals surface area contributed by atoms with Gasteiger partial charge >= 0.3 is 0 Å². The van der Waals surface area contributed by atoms with E-state index in [0.717, 1.165) is 28.1 Å². The number of nitrogens with zero attached hydrogens (tertiary/aromatic N) is 2. The Balaban J connectivity index is 1.87. The first-order valence-electron chi connectivity index (χ1n) is 7.74. The Bertz CT molecular complexity index is 1010. The summed E-state index contributed by atoms with van der Waals surface area (Å²) in [5, 5.41) is 10.8. The fourth-order valence-electron chi connectivity index (χ4n) is 3.64. The highest BCUT2D eigenvalue weighted by molar-refractivity contribution is 6.21. The molecule has 1 aromatic carbocycles. The SMILES string of the molecule is O=C1C(=C2c3cccnc3-c3ncccc32)C(O)c2ccccc21. The van der Waals surface area contributed by atoms with Crippen LogP contribution in [0, 0.1) is 0 Å². The van der Waals surface area contributed by atoms with E-state index >= 15 is 0 Å². The van der Waals surface area contributed by atoms with Crippen molar-refractivity contribution in [3.05, 3.63) is 88.8 Å². The van der Waals surface area contributed by atoms with E-state index < -0.39 is 6.10 Å². The van der Waals surface area contributed by atoms with E-state index in [1.807, 2.05) is 36.4 Å². The van der Waals surface area contributed by atoms with Gasteiger partial charge in [0.25, 0.3) is 0 Å². The van der Waals surface area contributed by atoms with Crippen LogP contribution in [-0.2, 0) is 0 Å². The molecular formula is C20H12N2O2. The smallest absolute Gasteiger partial charge is 0.193 e. The number of fused-ring (bicyclic) bond motifs is 4. The molecule has 1 atom stereocenters. The predicted octanol–water partition coefficient (Wildman–Crippen LogP) is 3.19. The topological polar surface area (TPSA) is 63.1 Å². The van der Waals surface area contributed by atoms with Crippen molar-refractivity contribution in [2.24, 2.45) is 0 Å². The maximum atomic E-state index is 13.0. The zero-order chi connectivity index (χ0) is 16.3. The minimum Gasteiger partial charge on any atom is -0.383 e. The second-order valence-electron chi connectivity index (χ2n) is 5.91. The molecule has 2 heterocycles. The first-order valence-corrected chi connectivity index (χ1v) is 7.74. The van der Waals surface area contributed by atoms with Crippen LogP contribution in [-0.4, -0.2) is 20.9 Å². The van der Waals surface area contributed by atoms with Gasteiger partial charge < -0.3 is 5.11 Å². The summed E-state index contributed by atoms with van der Waals surface area (Å²) in [6.45, 7) is 0. The first kappa shape index (κ1) is 13.3. The van der Waals surface area contributed by atoms with Crippen molar-refractivity contribution in [1.82, 2.24) is 9.97 Å². The molecule has 2 aromatic heterocycles. The number of aliphatic hydroxyl groups excluding tert-OH is 1. The molecule has 0 aliphatic heterocycles. The fourth-order valence-corrected chi connectivity index (χ4v) is 3.64. The Labute approximate surface area is 138 Å². The maximum absolute atomic E-state index is 13.0. The van der Waals surface area contributed by atoms with Crippen LogP contribution in [0.2, 0.25) is 0 Å². The van der Waals surface area contributed by atoms with E-state index in [4.69, 9.17) is 0 Å². The van der Waals surface area contributed by atoms with Crippen molar-refractivity contribution in [2.75, 3.05) is 0 Å². The van der Waals surface area contributed by atoms with Gasteiger partial charge in [0.1, 0.15) is 6.10 Å². The lowest BCUT2D eigenvalue weighted by Gasteiger charge is -2.10. The Morgan fingerprint density at radius 2 is 1.38 bits per heavy atom. The van der Waals surface area contributed by atoms with Gasteiger partial charge in [0, 0.05) is 40.2 Å². The van der Waals surface area contributed by atoms with Crippen LogP contribution in [0.25, 0.3) is 17.0 Å². The number of carbonyl (C=O) groups is 1. The van der Waals surface area contributed by atoms with Crippen LogP contribution in [0.5, 0.6) is 0 Å². The highest BCUT2D eigenvalue weighted by atomic mass is 16.3. The zero-order valence-electron chi connectivity index (χ0n) is 12.6. The number of benzene rings is 1. The van der Waals surface area contributed by atoms with Crippen molar-refractivity contribution in [3.63, 3.8) is 0 Å². The van der Waals surface area contributed by atoms with Crippen LogP contribution < -0.4 is 0 Å². The monoisotopic (exact) mass is 312 g/mol. The number of ketones is 1. The molecule has 0 saturated carbocycles. The van der Waals surface area contributed by atoms with Crippen molar-refractivity contribution >= 4 is 11.4 Å². The molecule has 3 aromatic rings. The molecule has 0 spiro atoms. The Kier molecular flexibility index (Phi) is 2.61. The maximum Gasteiger partial charge on any atom is 0.193 e. The second-order valence-corrected chi connectivity index (χ2v) is 5.91. The number of aliphatic hydroxyl groups is 1. The van der Waals surface area contributed by atoms with Gasteiger partial charge in [0.05, 0.1) is 11.4 Å². The summed E-state index contributed by atoms with van der Waals surface area (Å²) in [6, 6.07) is 14.7. The zero-order valence-corrected chi connectivity index (χ0v) is 12.6. The van der Waals surface area contributed by atoms with E-state index in [9.17, 15) is 9.90 Å². The normalized spacial score (nSPS) is 17.7. The number of pyridine rings is 2. The Morgan fingerprint density at radius 3 is 2.00 bits per heavy atom. The number of hydrogen-bond acceptors (Lipinski definition) is 4. The standard InChI is InChI=1S/C20H12N2O2/c23-19-11-5-1-2-6-12(11)20(24)16(19)15-13-7-3-9-21-17(13)18-14(15)8-4-10-22-18/h1-10,19,23H. The first-order chi connectivity index (χ1) is 11.8. The molecule has 4 nitrogen and oxygen atoms in total. The molecular weight excluding hydrogens is 300 g/mol. The lowest BCUT2D eigenvalue weighted by Crippen LogP contribution is -2.04. The molecule has 0 saturated heterocycles. The summed E-state index contributed by atoms with van der Waals surface area (Å²) >= 11 is 0. The Hall–Kier alpha value is -3.11. The van der Waals surface area contributed by atoms with Crippen LogP contribution in [0.4, 0.5) is 0 Å². The second kappa shape index (κ2) is 4.69. The van der Waals surface area contributed by atoms with Crippen molar-refractivity contribution in [1.29, 1.82) is 0 Å². The van der Waals surface area contributed by atoms with Gasteiger partial charge in [-0.05, 0) is 17.7 Å². The van der Waals surface area contributed by atoms with Gasteiger partial charge in [0.2, 0.25) is 0 Å². The third-order valence-electron chi connectivity index (χ3n) is 4.67. The quantitative estimate of drug-likeness (QED) is 0.507. The van der Waals surface area contributed by atoms with Crippen molar-refractivity contribution < 1.29 is 9.90 Å². The van der Waals surface area contributed by atoms with E-state index in [1.165, 1.54) is 0 Å². The van der Waals surface area contributed by atoms with Gasteiger partial charge in [-0.15, -0.1) is 0 Å². The highest BCUT2D eigenvalue weighted by Gasteiger charge is 2.39. The molecule has 1 unspecified atom stereocenters. The molecule has 4 heteroatoms. The van der Waals surface area contributed by atoms with Gasteiger partial charge in [-0.3, -0.25) is 14.8 Å². The van der Waals surface area contributed by atoms with Crippen molar-refractivity contribution in [3.8, 4) is 11.4 Å². The summed E-state index contributed by atoms with van der Waals surface area (Å²) in [5.41, 5.74) is 5.59. The van der Waals surface area contributed by atoms with Crippen molar-refractivity contribution in [2.45, 2.75) is 6.10 Å². The third-order valence-corrected chi connectivity index (χ3v) is 4.67. The number of hydrogen-bond donors (Lipinski definition) is 1.